The van der Waals surface area contributed by atoms with Crippen molar-refractivity contribution in [3.8, 4) is 0 Å². The largest absolute Gasteiger partial charge is 0.477 e. The molecule has 0 aromatic carbocycles. The second-order valence-electron chi connectivity index (χ2n) is 4.79. The van der Waals surface area contributed by atoms with Crippen LogP contribution in [0.5, 0.6) is 0 Å². The fraction of sp³-hybridized carbons (Fsp3) is 0.571. The van der Waals surface area contributed by atoms with Gasteiger partial charge in [0, 0.05) is 17.8 Å². The van der Waals surface area contributed by atoms with Gasteiger partial charge in [0.05, 0.1) is 5.69 Å². The summed E-state index contributed by atoms with van der Waals surface area (Å²) in [5, 5.41) is 13.2. The zero-order valence-electron chi connectivity index (χ0n) is 11.1. The Balaban J connectivity index is 1.83. The Labute approximate surface area is 118 Å². The summed E-state index contributed by atoms with van der Waals surface area (Å²) in [6.45, 7) is 2.85. The first-order valence-corrected chi connectivity index (χ1v) is 7.78. The molecule has 0 spiro atoms. The average molecular weight is 280 g/mol. The van der Waals surface area contributed by atoms with Crippen LogP contribution in [0.1, 0.15) is 42.4 Å². The predicted molar refractivity (Wildman–Crippen MR) is 77.6 cm³/mol. The molecule has 0 amide bonds. The molecular weight excluding hydrogens is 260 g/mol. The average Bonchev–Trinajstić information content (AvgIpc) is 2.85. The first-order chi connectivity index (χ1) is 9.19. The summed E-state index contributed by atoms with van der Waals surface area (Å²) >= 11 is 2.04. The van der Waals surface area contributed by atoms with Gasteiger partial charge in [-0.05, 0) is 37.1 Å². The first-order valence-electron chi connectivity index (χ1n) is 6.73. The zero-order valence-corrected chi connectivity index (χ0v) is 11.9. The number of aromatic nitrogens is 1. The summed E-state index contributed by atoms with van der Waals surface area (Å²) < 4.78 is 0. The number of carboxylic acids is 1. The standard InChI is InChI=1S/C14H20N2O2S/c1-2-19-12-7-6-10(8-12)15-9-11-4-3-5-13(16-11)14(17)18/h3-5,10,12,15H,2,6-9H2,1H3,(H,17,18). The minimum absolute atomic E-state index is 0.116. The molecule has 1 aliphatic rings. The van der Waals surface area contributed by atoms with Crippen molar-refractivity contribution >= 4 is 17.7 Å². The fourth-order valence-electron chi connectivity index (χ4n) is 2.46. The Hall–Kier alpha value is -1.07. The molecule has 1 aliphatic carbocycles. The number of hydrogen-bond donors (Lipinski definition) is 2. The Morgan fingerprint density at radius 2 is 2.37 bits per heavy atom. The SMILES string of the molecule is CCSC1CCC(NCc2cccc(C(=O)O)n2)C1. The van der Waals surface area contributed by atoms with Gasteiger partial charge in [0.1, 0.15) is 5.69 Å². The number of pyridine rings is 1. The summed E-state index contributed by atoms with van der Waals surface area (Å²) in [7, 11) is 0. The number of carbonyl (C=O) groups is 1. The van der Waals surface area contributed by atoms with Crippen molar-refractivity contribution in [1.29, 1.82) is 0 Å². The lowest BCUT2D eigenvalue weighted by molar-refractivity contribution is 0.0690. The molecule has 0 bridgehead atoms. The third-order valence-corrected chi connectivity index (χ3v) is 4.62. The molecule has 2 N–H and O–H groups in total. The third kappa shape index (κ3) is 4.21. The van der Waals surface area contributed by atoms with Crippen molar-refractivity contribution in [1.82, 2.24) is 10.3 Å². The number of nitrogens with zero attached hydrogens (tertiary/aromatic N) is 1. The molecule has 0 saturated heterocycles. The Bertz CT molecular complexity index is 439. The van der Waals surface area contributed by atoms with Crippen LogP contribution in [0, 0.1) is 0 Å². The van der Waals surface area contributed by atoms with Crippen LogP contribution in [0.2, 0.25) is 0 Å². The maximum absolute atomic E-state index is 10.8. The summed E-state index contributed by atoms with van der Waals surface area (Å²) in [5.41, 5.74) is 0.914. The maximum atomic E-state index is 10.8. The molecule has 1 saturated carbocycles. The van der Waals surface area contributed by atoms with E-state index in [1.54, 1.807) is 6.07 Å². The number of hydrogen-bond acceptors (Lipinski definition) is 4. The summed E-state index contributed by atoms with van der Waals surface area (Å²) in [4.78, 5) is 15.0. The first kappa shape index (κ1) is 14.3. The lowest BCUT2D eigenvalue weighted by Crippen LogP contribution is -2.26. The molecule has 19 heavy (non-hydrogen) atoms. The lowest BCUT2D eigenvalue weighted by atomic mass is 10.2. The van der Waals surface area contributed by atoms with Gasteiger partial charge in [0.2, 0.25) is 0 Å². The quantitative estimate of drug-likeness (QED) is 0.838. The summed E-state index contributed by atoms with van der Waals surface area (Å²) in [6, 6.07) is 5.68. The number of aromatic carboxylic acids is 1. The third-order valence-electron chi connectivity index (χ3n) is 3.38. The smallest absolute Gasteiger partial charge is 0.354 e. The maximum Gasteiger partial charge on any atom is 0.354 e. The molecule has 5 heteroatoms. The van der Waals surface area contributed by atoms with E-state index < -0.39 is 5.97 Å². The normalized spacial score (nSPS) is 22.6. The van der Waals surface area contributed by atoms with Crippen LogP contribution in [0.25, 0.3) is 0 Å². The zero-order chi connectivity index (χ0) is 13.7. The van der Waals surface area contributed by atoms with E-state index in [9.17, 15) is 4.79 Å². The highest BCUT2D eigenvalue weighted by atomic mass is 32.2. The Morgan fingerprint density at radius 1 is 1.53 bits per heavy atom. The van der Waals surface area contributed by atoms with Crippen LogP contribution in [0.15, 0.2) is 18.2 Å². The van der Waals surface area contributed by atoms with Crippen LogP contribution in [0.3, 0.4) is 0 Å². The second-order valence-corrected chi connectivity index (χ2v) is 6.36. The minimum Gasteiger partial charge on any atom is -0.477 e. The molecular formula is C14H20N2O2S. The topological polar surface area (TPSA) is 62.2 Å². The number of nitrogens with one attached hydrogen (secondary N) is 1. The molecule has 1 heterocycles. The lowest BCUT2D eigenvalue weighted by Gasteiger charge is -2.12. The van der Waals surface area contributed by atoms with Crippen molar-refractivity contribution in [3.05, 3.63) is 29.6 Å². The number of thioether (sulfide) groups is 1. The minimum atomic E-state index is -0.970. The van der Waals surface area contributed by atoms with Gasteiger partial charge in [-0.25, -0.2) is 9.78 Å². The highest BCUT2D eigenvalue weighted by Gasteiger charge is 2.23. The van der Waals surface area contributed by atoms with E-state index in [0.29, 0.717) is 12.6 Å². The highest BCUT2D eigenvalue weighted by Crippen LogP contribution is 2.29. The molecule has 104 valence electrons. The van der Waals surface area contributed by atoms with Crippen LogP contribution < -0.4 is 5.32 Å². The van der Waals surface area contributed by atoms with E-state index in [2.05, 4.69) is 17.2 Å². The van der Waals surface area contributed by atoms with E-state index in [0.717, 1.165) is 10.9 Å². The van der Waals surface area contributed by atoms with Crippen LogP contribution in [0.4, 0.5) is 0 Å². The van der Waals surface area contributed by atoms with E-state index >= 15 is 0 Å². The molecule has 0 radical (unpaired) electrons. The van der Waals surface area contributed by atoms with E-state index in [1.807, 2.05) is 17.8 Å². The van der Waals surface area contributed by atoms with Gasteiger partial charge >= 0.3 is 5.97 Å². The van der Waals surface area contributed by atoms with Crippen molar-refractivity contribution in [2.45, 2.75) is 44.0 Å². The molecule has 1 aromatic heterocycles. The van der Waals surface area contributed by atoms with Crippen LogP contribution >= 0.6 is 11.8 Å². The Kier molecular flexibility index (Phi) is 5.22. The van der Waals surface area contributed by atoms with E-state index in [4.69, 9.17) is 5.11 Å². The van der Waals surface area contributed by atoms with Gasteiger partial charge < -0.3 is 10.4 Å². The fourth-order valence-corrected chi connectivity index (χ4v) is 3.60. The van der Waals surface area contributed by atoms with Gasteiger partial charge in [-0.15, -0.1) is 0 Å². The molecule has 2 rings (SSSR count). The van der Waals surface area contributed by atoms with Crippen LogP contribution in [-0.2, 0) is 6.54 Å². The van der Waals surface area contributed by atoms with Gasteiger partial charge in [0.15, 0.2) is 0 Å². The Morgan fingerprint density at radius 3 is 3.11 bits per heavy atom. The van der Waals surface area contributed by atoms with Gasteiger partial charge in [-0.1, -0.05) is 13.0 Å². The van der Waals surface area contributed by atoms with Crippen LogP contribution in [-0.4, -0.2) is 33.1 Å². The molecule has 1 fully saturated rings. The highest BCUT2D eigenvalue weighted by molar-refractivity contribution is 7.99. The number of rotatable bonds is 6. The van der Waals surface area contributed by atoms with E-state index in [1.165, 1.54) is 31.1 Å². The molecule has 1 aromatic rings. The predicted octanol–water partition coefficient (Wildman–Crippen LogP) is 2.54. The second kappa shape index (κ2) is 6.91. The van der Waals surface area contributed by atoms with Crippen molar-refractivity contribution in [2.24, 2.45) is 0 Å². The molecule has 4 nitrogen and oxygen atoms in total. The van der Waals surface area contributed by atoms with Crippen molar-refractivity contribution in [3.63, 3.8) is 0 Å². The van der Waals surface area contributed by atoms with Gasteiger partial charge in [-0.3, -0.25) is 0 Å². The van der Waals surface area contributed by atoms with E-state index in [-0.39, 0.29) is 5.69 Å². The molecule has 2 atom stereocenters. The van der Waals surface area contributed by atoms with Crippen molar-refractivity contribution < 1.29 is 9.90 Å². The summed E-state index contributed by atoms with van der Waals surface area (Å²) in [5.74, 6) is 0.210. The van der Waals surface area contributed by atoms with Gasteiger partial charge in [0.25, 0.3) is 0 Å². The number of carboxylic acid groups (broad SMARTS) is 1. The molecule has 2 unspecified atom stereocenters. The monoisotopic (exact) mass is 280 g/mol. The van der Waals surface area contributed by atoms with Crippen molar-refractivity contribution in [2.75, 3.05) is 5.75 Å². The van der Waals surface area contributed by atoms with Gasteiger partial charge in [-0.2, -0.15) is 11.8 Å². The summed E-state index contributed by atoms with van der Waals surface area (Å²) in [6.07, 6.45) is 3.69. The molecule has 0 aliphatic heterocycles.